The summed E-state index contributed by atoms with van der Waals surface area (Å²) in [6, 6.07) is 8.09. The van der Waals surface area contributed by atoms with Crippen LogP contribution in [0.25, 0.3) is 11.3 Å². The Hall–Kier alpha value is -0.870. The van der Waals surface area contributed by atoms with Crippen LogP contribution in [0.1, 0.15) is 11.4 Å². The third kappa shape index (κ3) is 2.44. The second-order valence-electron chi connectivity index (χ2n) is 3.48. The summed E-state index contributed by atoms with van der Waals surface area (Å²) in [4.78, 5) is 8.59. The summed E-state index contributed by atoms with van der Waals surface area (Å²) in [6.45, 7) is 2.07. The zero-order valence-corrected chi connectivity index (χ0v) is 11.3. The minimum atomic E-state index is 0.556. The number of halogens is 1. The van der Waals surface area contributed by atoms with E-state index in [4.69, 9.17) is 0 Å². The van der Waals surface area contributed by atoms with Gasteiger partial charge >= 0.3 is 0 Å². The van der Waals surface area contributed by atoms with Gasteiger partial charge in [-0.3, -0.25) is 0 Å². The predicted octanol–water partition coefficient (Wildman–Crippen LogP) is 3.64. The van der Waals surface area contributed by atoms with E-state index >= 15 is 0 Å². The first-order chi connectivity index (χ1) is 7.70. The first kappa shape index (κ1) is 11.6. The number of rotatable bonds is 2. The molecule has 0 amide bonds. The summed E-state index contributed by atoms with van der Waals surface area (Å²) >= 11 is 7.65. The minimum absolute atomic E-state index is 0.556. The van der Waals surface area contributed by atoms with Gasteiger partial charge in [-0.15, -0.1) is 0 Å². The third-order valence-corrected chi connectivity index (χ3v) is 3.10. The molecule has 0 aliphatic carbocycles. The van der Waals surface area contributed by atoms with Crippen LogP contribution in [0.15, 0.2) is 34.9 Å². The molecule has 82 valence electrons. The number of aryl methyl sites for hydroxylation is 1. The minimum Gasteiger partial charge on any atom is -0.240 e. The van der Waals surface area contributed by atoms with E-state index in [-0.39, 0.29) is 0 Å². The molecule has 0 spiro atoms. The van der Waals surface area contributed by atoms with E-state index in [0.29, 0.717) is 5.75 Å². The number of aromatic nitrogens is 2. The van der Waals surface area contributed by atoms with Crippen molar-refractivity contribution >= 4 is 28.6 Å². The molecule has 0 saturated carbocycles. The molecule has 1 aromatic heterocycles. The zero-order valence-electron chi connectivity index (χ0n) is 8.81. The van der Waals surface area contributed by atoms with E-state index in [0.717, 1.165) is 21.6 Å². The van der Waals surface area contributed by atoms with E-state index in [9.17, 15) is 0 Å². The number of hydrogen-bond donors (Lipinski definition) is 1. The van der Waals surface area contributed by atoms with Crippen molar-refractivity contribution in [3.05, 3.63) is 46.3 Å². The number of benzene rings is 1. The molecule has 0 fully saturated rings. The third-order valence-electron chi connectivity index (χ3n) is 2.32. The molecular weight excluding hydrogens is 284 g/mol. The molecule has 0 radical (unpaired) electrons. The topological polar surface area (TPSA) is 25.8 Å². The van der Waals surface area contributed by atoms with Crippen molar-refractivity contribution in [2.75, 3.05) is 0 Å². The van der Waals surface area contributed by atoms with Gasteiger partial charge in [0.05, 0.1) is 11.4 Å². The second kappa shape index (κ2) is 4.97. The first-order valence-electron chi connectivity index (χ1n) is 4.90. The van der Waals surface area contributed by atoms with Gasteiger partial charge in [0.15, 0.2) is 0 Å². The van der Waals surface area contributed by atoms with Crippen LogP contribution in [0.2, 0.25) is 0 Å². The number of nitrogens with zero attached hydrogens (tertiary/aromatic N) is 2. The summed E-state index contributed by atoms with van der Waals surface area (Å²) in [5.74, 6) is 1.31. The summed E-state index contributed by atoms with van der Waals surface area (Å²) < 4.78 is 1.05. The summed E-state index contributed by atoms with van der Waals surface area (Å²) in [7, 11) is 0. The standard InChI is InChI=1S/C12H11BrN2S/c1-8-2-3-9(13)6-10(8)11-4-5-14-12(7-16)15-11/h2-6,16H,7H2,1H3. The fraction of sp³-hybridized carbons (Fsp3) is 0.167. The lowest BCUT2D eigenvalue weighted by Gasteiger charge is -2.06. The second-order valence-corrected chi connectivity index (χ2v) is 4.71. The van der Waals surface area contributed by atoms with Crippen molar-refractivity contribution in [1.82, 2.24) is 9.97 Å². The molecule has 2 nitrogen and oxygen atoms in total. The Morgan fingerprint density at radius 2 is 2.12 bits per heavy atom. The van der Waals surface area contributed by atoms with Crippen LogP contribution < -0.4 is 0 Å². The normalized spacial score (nSPS) is 10.4. The molecule has 2 rings (SSSR count). The molecule has 0 aliphatic rings. The van der Waals surface area contributed by atoms with Gasteiger partial charge in [-0.2, -0.15) is 12.6 Å². The van der Waals surface area contributed by atoms with Crippen LogP contribution in [0.5, 0.6) is 0 Å². The molecule has 0 bridgehead atoms. The average Bonchev–Trinajstić information content (AvgIpc) is 2.32. The molecule has 0 aliphatic heterocycles. The molecule has 4 heteroatoms. The van der Waals surface area contributed by atoms with Crippen LogP contribution >= 0.6 is 28.6 Å². The molecule has 0 N–H and O–H groups in total. The highest BCUT2D eigenvalue weighted by Gasteiger charge is 2.05. The van der Waals surface area contributed by atoms with Crippen LogP contribution in [0.3, 0.4) is 0 Å². The number of hydrogen-bond acceptors (Lipinski definition) is 3. The Bertz CT molecular complexity index is 514. The van der Waals surface area contributed by atoms with E-state index < -0.39 is 0 Å². The maximum Gasteiger partial charge on any atom is 0.138 e. The Balaban J connectivity index is 2.53. The monoisotopic (exact) mass is 294 g/mol. The zero-order chi connectivity index (χ0) is 11.5. The van der Waals surface area contributed by atoms with Gasteiger partial charge in [-0.05, 0) is 30.7 Å². The summed E-state index contributed by atoms with van der Waals surface area (Å²) in [5.41, 5.74) is 3.27. The summed E-state index contributed by atoms with van der Waals surface area (Å²) in [6.07, 6.45) is 1.77. The lowest BCUT2D eigenvalue weighted by Crippen LogP contribution is -1.94. The molecule has 0 saturated heterocycles. The smallest absolute Gasteiger partial charge is 0.138 e. The van der Waals surface area contributed by atoms with Crippen LogP contribution in [-0.4, -0.2) is 9.97 Å². The molecule has 1 heterocycles. The van der Waals surface area contributed by atoms with Gasteiger partial charge in [-0.1, -0.05) is 22.0 Å². The maximum atomic E-state index is 4.46. The van der Waals surface area contributed by atoms with Crippen molar-refractivity contribution in [3.63, 3.8) is 0 Å². The average molecular weight is 295 g/mol. The van der Waals surface area contributed by atoms with E-state index in [1.807, 2.05) is 12.1 Å². The van der Waals surface area contributed by atoms with Gasteiger partial charge in [0, 0.05) is 16.2 Å². The van der Waals surface area contributed by atoms with Crippen molar-refractivity contribution in [2.24, 2.45) is 0 Å². The van der Waals surface area contributed by atoms with Gasteiger partial charge in [-0.25, -0.2) is 9.97 Å². The fourth-order valence-electron chi connectivity index (χ4n) is 1.50. The van der Waals surface area contributed by atoms with E-state index in [1.54, 1.807) is 6.20 Å². The molecule has 0 unspecified atom stereocenters. The van der Waals surface area contributed by atoms with Crippen LogP contribution in [0.4, 0.5) is 0 Å². The molecule has 0 atom stereocenters. The van der Waals surface area contributed by atoms with Crippen molar-refractivity contribution in [1.29, 1.82) is 0 Å². The Labute approximate surface area is 109 Å². The lowest BCUT2D eigenvalue weighted by atomic mass is 10.1. The van der Waals surface area contributed by atoms with Gasteiger partial charge < -0.3 is 0 Å². The van der Waals surface area contributed by atoms with E-state index in [2.05, 4.69) is 57.6 Å². The van der Waals surface area contributed by atoms with Crippen molar-refractivity contribution < 1.29 is 0 Å². The van der Waals surface area contributed by atoms with Gasteiger partial charge in [0.25, 0.3) is 0 Å². The van der Waals surface area contributed by atoms with E-state index in [1.165, 1.54) is 5.56 Å². The Kier molecular flexibility index (Phi) is 3.61. The Morgan fingerprint density at radius 1 is 1.31 bits per heavy atom. The summed E-state index contributed by atoms with van der Waals surface area (Å²) in [5, 5.41) is 0. The lowest BCUT2D eigenvalue weighted by molar-refractivity contribution is 1.04. The van der Waals surface area contributed by atoms with Crippen molar-refractivity contribution in [2.45, 2.75) is 12.7 Å². The predicted molar refractivity (Wildman–Crippen MR) is 72.6 cm³/mol. The highest BCUT2D eigenvalue weighted by atomic mass is 79.9. The number of thiol groups is 1. The largest absolute Gasteiger partial charge is 0.240 e. The molecule has 2 aromatic rings. The molecule has 16 heavy (non-hydrogen) atoms. The molecule has 1 aromatic carbocycles. The van der Waals surface area contributed by atoms with Gasteiger partial charge in [0.1, 0.15) is 5.82 Å². The highest BCUT2D eigenvalue weighted by molar-refractivity contribution is 9.10. The van der Waals surface area contributed by atoms with Crippen LogP contribution in [0, 0.1) is 6.92 Å². The Morgan fingerprint density at radius 3 is 2.88 bits per heavy atom. The SMILES string of the molecule is Cc1ccc(Br)cc1-c1ccnc(CS)n1. The van der Waals surface area contributed by atoms with Gasteiger partial charge in [0.2, 0.25) is 0 Å². The van der Waals surface area contributed by atoms with Crippen molar-refractivity contribution in [3.8, 4) is 11.3 Å². The fourth-order valence-corrected chi connectivity index (χ4v) is 2.01. The first-order valence-corrected chi connectivity index (χ1v) is 6.32. The maximum absolute atomic E-state index is 4.46. The van der Waals surface area contributed by atoms with Crippen LogP contribution in [-0.2, 0) is 5.75 Å². The quantitative estimate of drug-likeness (QED) is 0.856. The molecular formula is C12H11BrN2S. The highest BCUT2D eigenvalue weighted by Crippen LogP contribution is 2.25.